The average Bonchev–Trinajstić information content (AvgIpc) is 2.38. The van der Waals surface area contributed by atoms with Crippen molar-refractivity contribution < 1.29 is 0 Å². The molecule has 0 unspecified atom stereocenters. The van der Waals surface area contributed by atoms with Gasteiger partial charge in [0.15, 0.2) is 0 Å². The molecule has 1 heterocycles. The molecule has 0 amide bonds. The van der Waals surface area contributed by atoms with Gasteiger partial charge >= 0.3 is 0 Å². The molecule has 0 saturated carbocycles. The lowest BCUT2D eigenvalue weighted by molar-refractivity contribution is 1.05. The third-order valence-corrected chi connectivity index (χ3v) is 2.12. The van der Waals surface area contributed by atoms with Crippen LogP contribution in [-0.4, -0.2) is 9.97 Å². The standard InChI is InChI=1S/C12H10N4/c13-5-10-1-3-12(4-2-10)16-8-11-6-14-9-15-7-11/h1-4,6-7,9,16H,8H2. The molecule has 0 spiro atoms. The highest BCUT2D eigenvalue weighted by molar-refractivity contribution is 5.47. The van der Waals surface area contributed by atoms with E-state index < -0.39 is 0 Å². The Morgan fingerprint density at radius 3 is 2.44 bits per heavy atom. The second-order valence-corrected chi connectivity index (χ2v) is 3.29. The Hall–Kier alpha value is -2.41. The Kier molecular flexibility index (Phi) is 3.10. The number of benzene rings is 1. The first-order chi connectivity index (χ1) is 7.88. The van der Waals surface area contributed by atoms with Gasteiger partial charge in [-0.1, -0.05) is 0 Å². The van der Waals surface area contributed by atoms with Crippen LogP contribution in [0.3, 0.4) is 0 Å². The molecule has 0 aliphatic carbocycles. The summed E-state index contributed by atoms with van der Waals surface area (Å²) >= 11 is 0. The summed E-state index contributed by atoms with van der Waals surface area (Å²) in [6.45, 7) is 0.673. The Morgan fingerprint density at radius 2 is 1.81 bits per heavy atom. The SMILES string of the molecule is N#Cc1ccc(NCc2cncnc2)cc1. The number of aromatic nitrogens is 2. The van der Waals surface area contributed by atoms with E-state index in [0.29, 0.717) is 12.1 Å². The maximum absolute atomic E-state index is 8.65. The molecule has 16 heavy (non-hydrogen) atoms. The maximum atomic E-state index is 8.65. The summed E-state index contributed by atoms with van der Waals surface area (Å²) in [6.07, 6.45) is 5.04. The van der Waals surface area contributed by atoms with E-state index in [1.165, 1.54) is 6.33 Å². The minimum atomic E-state index is 0.661. The van der Waals surface area contributed by atoms with Crippen LogP contribution < -0.4 is 5.32 Å². The Labute approximate surface area is 93.6 Å². The van der Waals surface area contributed by atoms with Gasteiger partial charge in [-0.3, -0.25) is 0 Å². The van der Waals surface area contributed by atoms with Crippen LogP contribution in [0.1, 0.15) is 11.1 Å². The van der Waals surface area contributed by atoms with Crippen molar-refractivity contribution in [2.75, 3.05) is 5.32 Å². The van der Waals surface area contributed by atoms with Crippen LogP contribution in [0.4, 0.5) is 5.69 Å². The molecule has 0 fully saturated rings. The first kappa shape index (κ1) is 10.1. The minimum absolute atomic E-state index is 0.661. The lowest BCUT2D eigenvalue weighted by atomic mass is 10.2. The van der Waals surface area contributed by atoms with Gasteiger partial charge in [0.2, 0.25) is 0 Å². The molecule has 0 aliphatic rings. The van der Waals surface area contributed by atoms with E-state index in [-0.39, 0.29) is 0 Å². The van der Waals surface area contributed by atoms with Gasteiger partial charge in [0.1, 0.15) is 6.33 Å². The molecule has 0 aliphatic heterocycles. The van der Waals surface area contributed by atoms with Crippen LogP contribution >= 0.6 is 0 Å². The van der Waals surface area contributed by atoms with Crippen LogP contribution in [0, 0.1) is 11.3 Å². The van der Waals surface area contributed by atoms with Gasteiger partial charge < -0.3 is 5.32 Å². The van der Waals surface area contributed by atoms with Gasteiger partial charge in [-0.15, -0.1) is 0 Å². The Bertz CT molecular complexity index is 485. The Morgan fingerprint density at radius 1 is 1.12 bits per heavy atom. The monoisotopic (exact) mass is 210 g/mol. The molecule has 1 aromatic carbocycles. The topological polar surface area (TPSA) is 61.6 Å². The predicted octanol–water partition coefficient (Wildman–Crippen LogP) is 1.96. The smallest absolute Gasteiger partial charge is 0.115 e. The van der Waals surface area contributed by atoms with Crippen LogP contribution in [0.25, 0.3) is 0 Å². The number of nitriles is 1. The highest BCUT2D eigenvalue weighted by atomic mass is 14.9. The third-order valence-electron chi connectivity index (χ3n) is 2.12. The minimum Gasteiger partial charge on any atom is -0.381 e. The fourth-order valence-electron chi connectivity index (χ4n) is 1.29. The summed E-state index contributed by atoms with van der Waals surface area (Å²) in [5.41, 5.74) is 2.66. The zero-order valence-corrected chi connectivity index (χ0v) is 8.59. The molecule has 2 aromatic rings. The van der Waals surface area contributed by atoms with E-state index in [0.717, 1.165) is 11.3 Å². The molecule has 1 N–H and O–H groups in total. The van der Waals surface area contributed by atoms with E-state index in [1.807, 2.05) is 12.1 Å². The van der Waals surface area contributed by atoms with Gasteiger partial charge in [-0.2, -0.15) is 5.26 Å². The quantitative estimate of drug-likeness (QED) is 0.841. The number of nitrogens with zero attached hydrogens (tertiary/aromatic N) is 3. The summed E-state index contributed by atoms with van der Waals surface area (Å²) in [5.74, 6) is 0. The summed E-state index contributed by atoms with van der Waals surface area (Å²) in [4.78, 5) is 7.86. The lowest BCUT2D eigenvalue weighted by Crippen LogP contribution is -2.00. The number of rotatable bonds is 3. The number of anilines is 1. The fraction of sp³-hybridized carbons (Fsp3) is 0.0833. The third kappa shape index (κ3) is 2.55. The van der Waals surface area contributed by atoms with Crippen molar-refractivity contribution in [1.82, 2.24) is 9.97 Å². The molecular formula is C12H10N4. The predicted molar refractivity (Wildman–Crippen MR) is 60.5 cm³/mol. The number of hydrogen-bond acceptors (Lipinski definition) is 4. The van der Waals surface area contributed by atoms with E-state index in [1.54, 1.807) is 24.5 Å². The van der Waals surface area contributed by atoms with Crippen molar-refractivity contribution in [2.24, 2.45) is 0 Å². The molecule has 4 heteroatoms. The lowest BCUT2D eigenvalue weighted by Gasteiger charge is -2.05. The highest BCUT2D eigenvalue weighted by Gasteiger charge is 1.94. The zero-order chi connectivity index (χ0) is 11.2. The van der Waals surface area contributed by atoms with Crippen molar-refractivity contribution in [3.8, 4) is 6.07 Å². The molecule has 78 valence electrons. The zero-order valence-electron chi connectivity index (χ0n) is 8.59. The van der Waals surface area contributed by atoms with E-state index in [9.17, 15) is 0 Å². The van der Waals surface area contributed by atoms with Crippen molar-refractivity contribution >= 4 is 5.69 Å². The summed E-state index contributed by atoms with van der Waals surface area (Å²) in [5, 5.41) is 11.9. The van der Waals surface area contributed by atoms with Gasteiger partial charge in [-0.05, 0) is 24.3 Å². The molecule has 4 nitrogen and oxygen atoms in total. The summed E-state index contributed by atoms with van der Waals surface area (Å²) in [7, 11) is 0. The second kappa shape index (κ2) is 4.89. The van der Waals surface area contributed by atoms with Crippen molar-refractivity contribution in [3.63, 3.8) is 0 Å². The maximum Gasteiger partial charge on any atom is 0.115 e. The number of nitrogens with one attached hydrogen (secondary N) is 1. The molecule has 0 saturated heterocycles. The highest BCUT2D eigenvalue weighted by Crippen LogP contribution is 2.09. The van der Waals surface area contributed by atoms with Crippen molar-refractivity contribution in [1.29, 1.82) is 5.26 Å². The molecule has 1 aromatic heterocycles. The van der Waals surface area contributed by atoms with Crippen LogP contribution in [0.5, 0.6) is 0 Å². The molecular weight excluding hydrogens is 200 g/mol. The summed E-state index contributed by atoms with van der Waals surface area (Å²) in [6, 6.07) is 9.40. The second-order valence-electron chi connectivity index (χ2n) is 3.29. The first-order valence-corrected chi connectivity index (χ1v) is 4.86. The fourth-order valence-corrected chi connectivity index (χ4v) is 1.29. The van der Waals surface area contributed by atoms with Crippen molar-refractivity contribution in [2.45, 2.75) is 6.54 Å². The number of hydrogen-bond donors (Lipinski definition) is 1. The Balaban J connectivity index is 1.98. The van der Waals surface area contributed by atoms with Gasteiger partial charge in [0, 0.05) is 30.2 Å². The molecule has 0 atom stereocenters. The average molecular weight is 210 g/mol. The van der Waals surface area contributed by atoms with Gasteiger partial charge in [-0.25, -0.2) is 9.97 Å². The van der Waals surface area contributed by atoms with E-state index in [4.69, 9.17) is 5.26 Å². The molecule has 2 rings (SSSR count). The molecule has 0 radical (unpaired) electrons. The summed E-state index contributed by atoms with van der Waals surface area (Å²) < 4.78 is 0. The van der Waals surface area contributed by atoms with Crippen molar-refractivity contribution in [3.05, 3.63) is 54.1 Å². The van der Waals surface area contributed by atoms with Gasteiger partial charge in [0.05, 0.1) is 11.6 Å². The molecule has 0 bridgehead atoms. The first-order valence-electron chi connectivity index (χ1n) is 4.86. The largest absolute Gasteiger partial charge is 0.381 e. The van der Waals surface area contributed by atoms with Gasteiger partial charge in [0.25, 0.3) is 0 Å². The van der Waals surface area contributed by atoms with Crippen LogP contribution in [-0.2, 0) is 6.54 Å². The van der Waals surface area contributed by atoms with Crippen LogP contribution in [0.15, 0.2) is 43.0 Å². The van der Waals surface area contributed by atoms with Crippen LogP contribution in [0.2, 0.25) is 0 Å². The van der Waals surface area contributed by atoms with E-state index in [2.05, 4.69) is 21.4 Å². The van der Waals surface area contributed by atoms with E-state index >= 15 is 0 Å². The normalized spacial score (nSPS) is 9.44.